The first-order chi connectivity index (χ1) is 10.1. The standard InChI is InChI=1S/C15H13FN2O3/c16-10-6-7-13(12(8-10)15(20)21)18-14(19)9-17-11-4-2-1-3-5-11/h1-8,17H,9H2,(H,18,19)(H,20,21). The molecule has 2 aromatic rings. The summed E-state index contributed by atoms with van der Waals surface area (Å²) < 4.78 is 13.0. The SMILES string of the molecule is O=C(CNc1ccccc1)Nc1ccc(F)cc1C(=O)O. The lowest BCUT2D eigenvalue weighted by Crippen LogP contribution is -2.23. The first-order valence-corrected chi connectivity index (χ1v) is 6.18. The molecule has 0 heterocycles. The molecular weight excluding hydrogens is 275 g/mol. The summed E-state index contributed by atoms with van der Waals surface area (Å²) in [6, 6.07) is 12.3. The number of carboxylic acids is 1. The molecule has 3 N–H and O–H groups in total. The Morgan fingerprint density at radius 1 is 1.10 bits per heavy atom. The van der Waals surface area contributed by atoms with Crippen LogP contribution in [0.4, 0.5) is 15.8 Å². The number of anilines is 2. The maximum Gasteiger partial charge on any atom is 0.337 e. The lowest BCUT2D eigenvalue weighted by Gasteiger charge is -2.10. The van der Waals surface area contributed by atoms with Crippen LogP contribution in [-0.4, -0.2) is 23.5 Å². The first-order valence-electron chi connectivity index (χ1n) is 6.18. The Morgan fingerprint density at radius 3 is 2.48 bits per heavy atom. The predicted octanol–water partition coefficient (Wildman–Crippen LogP) is 2.57. The summed E-state index contributed by atoms with van der Waals surface area (Å²) in [5, 5.41) is 14.3. The minimum absolute atomic E-state index is 0.0273. The second kappa shape index (κ2) is 6.51. The number of carbonyl (C=O) groups excluding carboxylic acids is 1. The Bertz CT molecular complexity index is 659. The van der Waals surface area contributed by atoms with E-state index in [9.17, 15) is 14.0 Å². The van der Waals surface area contributed by atoms with Crippen molar-refractivity contribution < 1.29 is 19.1 Å². The van der Waals surface area contributed by atoms with Crippen molar-refractivity contribution in [1.82, 2.24) is 0 Å². The van der Waals surface area contributed by atoms with Gasteiger partial charge in [0.1, 0.15) is 5.82 Å². The molecule has 0 radical (unpaired) electrons. The molecule has 6 heteroatoms. The third-order valence-corrected chi connectivity index (χ3v) is 2.71. The van der Waals surface area contributed by atoms with E-state index in [1.807, 2.05) is 18.2 Å². The van der Waals surface area contributed by atoms with E-state index < -0.39 is 17.7 Å². The Balaban J connectivity index is 2.01. The number of nitrogens with one attached hydrogen (secondary N) is 2. The third-order valence-electron chi connectivity index (χ3n) is 2.71. The fraction of sp³-hybridized carbons (Fsp3) is 0.0667. The summed E-state index contributed by atoms with van der Waals surface area (Å²) in [6.45, 7) is -0.0273. The van der Waals surface area contributed by atoms with Crippen LogP contribution < -0.4 is 10.6 Å². The molecule has 2 aromatic carbocycles. The molecule has 0 unspecified atom stereocenters. The highest BCUT2D eigenvalue weighted by molar-refractivity contribution is 6.01. The zero-order chi connectivity index (χ0) is 15.2. The van der Waals surface area contributed by atoms with Crippen LogP contribution in [0.15, 0.2) is 48.5 Å². The van der Waals surface area contributed by atoms with Gasteiger partial charge in [0.05, 0.1) is 17.8 Å². The van der Waals surface area contributed by atoms with Crippen LogP contribution >= 0.6 is 0 Å². The maximum atomic E-state index is 13.0. The Hall–Kier alpha value is -2.89. The first kappa shape index (κ1) is 14.5. The fourth-order valence-electron chi connectivity index (χ4n) is 1.74. The minimum atomic E-state index is -1.30. The molecule has 0 spiro atoms. The smallest absolute Gasteiger partial charge is 0.337 e. The monoisotopic (exact) mass is 288 g/mol. The average molecular weight is 288 g/mol. The molecule has 0 bridgehead atoms. The van der Waals surface area contributed by atoms with Crippen molar-refractivity contribution in [2.75, 3.05) is 17.2 Å². The Labute approximate surface area is 120 Å². The van der Waals surface area contributed by atoms with Crippen LogP contribution in [0.25, 0.3) is 0 Å². The van der Waals surface area contributed by atoms with Gasteiger partial charge in [0.15, 0.2) is 0 Å². The van der Waals surface area contributed by atoms with Gasteiger partial charge in [0, 0.05) is 5.69 Å². The molecule has 2 rings (SSSR count). The zero-order valence-electron chi connectivity index (χ0n) is 11.0. The van der Waals surface area contributed by atoms with E-state index in [0.717, 1.165) is 17.8 Å². The molecule has 0 saturated heterocycles. The maximum absolute atomic E-state index is 13.0. The second-order valence-corrected chi connectivity index (χ2v) is 4.26. The highest BCUT2D eigenvalue weighted by Gasteiger charge is 2.13. The number of aromatic carboxylic acids is 1. The number of carbonyl (C=O) groups is 2. The van der Waals surface area contributed by atoms with Crippen molar-refractivity contribution in [1.29, 1.82) is 0 Å². The summed E-state index contributed by atoms with van der Waals surface area (Å²) in [4.78, 5) is 22.8. The van der Waals surface area contributed by atoms with Gasteiger partial charge in [0.2, 0.25) is 5.91 Å². The highest BCUT2D eigenvalue weighted by Crippen LogP contribution is 2.17. The highest BCUT2D eigenvalue weighted by atomic mass is 19.1. The quantitative estimate of drug-likeness (QED) is 0.790. The zero-order valence-corrected chi connectivity index (χ0v) is 11.0. The predicted molar refractivity (Wildman–Crippen MR) is 76.9 cm³/mol. The average Bonchev–Trinajstić information content (AvgIpc) is 2.48. The molecule has 5 nitrogen and oxygen atoms in total. The Morgan fingerprint density at radius 2 is 1.81 bits per heavy atom. The number of rotatable bonds is 5. The van der Waals surface area contributed by atoms with Crippen LogP contribution in [0.2, 0.25) is 0 Å². The minimum Gasteiger partial charge on any atom is -0.478 e. The van der Waals surface area contributed by atoms with Gasteiger partial charge in [-0.2, -0.15) is 0 Å². The molecule has 0 aliphatic heterocycles. The van der Waals surface area contributed by atoms with Crippen molar-refractivity contribution in [3.05, 3.63) is 59.9 Å². The number of benzene rings is 2. The van der Waals surface area contributed by atoms with Gasteiger partial charge in [-0.3, -0.25) is 4.79 Å². The van der Waals surface area contributed by atoms with Crippen LogP contribution in [0, 0.1) is 5.82 Å². The van der Waals surface area contributed by atoms with Gasteiger partial charge in [-0.05, 0) is 30.3 Å². The molecule has 0 saturated carbocycles. The largest absolute Gasteiger partial charge is 0.478 e. The molecule has 0 aromatic heterocycles. The normalized spacial score (nSPS) is 9.95. The van der Waals surface area contributed by atoms with Gasteiger partial charge in [-0.25, -0.2) is 9.18 Å². The van der Waals surface area contributed by atoms with Crippen LogP contribution in [0.5, 0.6) is 0 Å². The van der Waals surface area contributed by atoms with Crippen LogP contribution in [0.1, 0.15) is 10.4 Å². The van der Waals surface area contributed by atoms with Gasteiger partial charge in [0.25, 0.3) is 0 Å². The van der Waals surface area contributed by atoms with Crippen LogP contribution in [0.3, 0.4) is 0 Å². The van der Waals surface area contributed by atoms with E-state index in [-0.39, 0.29) is 17.8 Å². The summed E-state index contributed by atoms with van der Waals surface area (Å²) in [7, 11) is 0. The fourth-order valence-corrected chi connectivity index (χ4v) is 1.74. The summed E-state index contributed by atoms with van der Waals surface area (Å²) >= 11 is 0. The van der Waals surface area contributed by atoms with Crippen molar-refractivity contribution in [3.63, 3.8) is 0 Å². The van der Waals surface area contributed by atoms with E-state index >= 15 is 0 Å². The van der Waals surface area contributed by atoms with Gasteiger partial charge in [-0.15, -0.1) is 0 Å². The van der Waals surface area contributed by atoms with E-state index in [1.54, 1.807) is 12.1 Å². The van der Waals surface area contributed by atoms with Gasteiger partial charge >= 0.3 is 5.97 Å². The van der Waals surface area contributed by atoms with Gasteiger partial charge in [-0.1, -0.05) is 18.2 Å². The van der Waals surface area contributed by atoms with E-state index in [2.05, 4.69) is 10.6 Å². The summed E-state index contributed by atoms with van der Waals surface area (Å²) in [5.74, 6) is -2.40. The number of halogens is 1. The third kappa shape index (κ3) is 4.04. The topological polar surface area (TPSA) is 78.4 Å². The molecule has 0 atom stereocenters. The molecule has 0 aliphatic carbocycles. The lowest BCUT2D eigenvalue weighted by atomic mass is 10.1. The molecule has 0 aliphatic rings. The number of carboxylic acid groups (broad SMARTS) is 1. The van der Waals surface area contributed by atoms with Crippen LogP contribution in [-0.2, 0) is 4.79 Å². The number of hydrogen-bond donors (Lipinski definition) is 3. The van der Waals surface area contributed by atoms with Crippen molar-refractivity contribution >= 4 is 23.3 Å². The molecule has 1 amide bonds. The molecule has 108 valence electrons. The molecule has 21 heavy (non-hydrogen) atoms. The van der Waals surface area contributed by atoms with E-state index in [1.165, 1.54) is 6.07 Å². The van der Waals surface area contributed by atoms with Crippen molar-refractivity contribution in [3.8, 4) is 0 Å². The van der Waals surface area contributed by atoms with E-state index in [0.29, 0.717) is 0 Å². The molecule has 0 fully saturated rings. The number of amides is 1. The number of para-hydroxylation sites is 1. The summed E-state index contributed by atoms with van der Waals surface area (Å²) in [6.07, 6.45) is 0. The second-order valence-electron chi connectivity index (χ2n) is 4.26. The number of hydrogen-bond acceptors (Lipinski definition) is 3. The van der Waals surface area contributed by atoms with E-state index in [4.69, 9.17) is 5.11 Å². The summed E-state index contributed by atoms with van der Waals surface area (Å²) in [5.41, 5.74) is 0.539. The molecular formula is C15H13FN2O3. The van der Waals surface area contributed by atoms with Gasteiger partial charge < -0.3 is 15.7 Å². The lowest BCUT2D eigenvalue weighted by molar-refractivity contribution is -0.114. The van der Waals surface area contributed by atoms with Crippen molar-refractivity contribution in [2.24, 2.45) is 0 Å². The van der Waals surface area contributed by atoms with Crippen molar-refractivity contribution in [2.45, 2.75) is 0 Å². The Kier molecular flexibility index (Phi) is 4.50.